The van der Waals surface area contributed by atoms with Crippen LogP contribution < -0.4 is 10.6 Å². The Balaban J connectivity index is 1.98. The molecule has 0 aliphatic carbocycles. The lowest BCUT2D eigenvalue weighted by Gasteiger charge is -2.30. The van der Waals surface area contributed by atoms with Gasteiger partial charge in [-0.1, -0.05) is 15.9 Å². The Hall–Kier alpha value is -1.88. The van der Waals surface area contributed by atoms with Gasteiger partial charge in [0.15, 0.2) is 0 Å². The van der Waals surface area contributed by atoms with E-state index in [0.717, 1.165) is 21.3 Å². The number of nitrogen functional groups attached to an aromatic ring is 1. The second-order valence-corrected chi connectivity index (χ2v) is 5.96. The topological polar surface area (TPSA) is 46.3 Å². The lowest BCUT2D eigenvalue weighted by atomic mass is 10.00. The first kappa shape index (κ1) is 14.1. The predicted octanol–water partition coefficient (Wildman–Crippen LogP) is 3.65. The Morgan fingerprint density at radius 3 is 2.81 bits per heavy atom. The SMILES string of the molecule is Nc1ccc2c(c1)CCC(=O)N2Cc1cc(F)ccc1Br. The van der Waals surface area contributed by atoms with E-state index in [1.807, 2.05) is 12.1 Å². The molecule has 0 fully saturated rings. The summed E-state index contributed by atoms with van der Waals surface area (Å²) in [6, 6.07) is 10.0. The number of halogens is 2. The lowest BCUT2D eigenvalue weighted by Crippen LogP contribution is -2.34. The third kappa shape index (κ3) is 2.78. The normalized spacial score (nSPS) is 14.2. The zero-order valence-electron chi connectivity index (χ0n) is 11.3. The molecule has 2 aromatic rings. The van der Waals surface area contributed by atoms with Crippen LogP contribution in [-0.4, -0.2) is 5.91 Å². The molecular weight excluding hydrogens is 335 g/mol. The van der Waals surface area contributed by atoms with E-state index in [0.29, 0.717) is 25.1 Å². The van der Waals surface area contributed by atoms with Gasteiger partial charge in [-0.25, -0.2) is 4.39 Å². The quantitative estimate of drug-likeness (QED) is 0.842. The van der Waals surface area contributed by atoms with Gasteiger partial charge in [-0.2, -0.15) is 0 Å². The van der Waals surface area contributed by atoms with Gasteiger partial charge in [0, 0.05) is 22.3 Å². The van der Waals surface area contributed by atoms with Gasteiger partial charge < -0.3 is 10.6 Å². The maximum absolute atomic E-state index is 13.4. The van der Waals surface area contributed by atoms with E-state index in [2.05, 4.69) is 15.9 Å². The van der Waals surface area contributed by atoms with Crippen molar-refractivity contribution < 1.29 is 9.18 Å². The summed E-state index contributed by atoms with van der Waals surface area (Å²) in [6.45, 7) is 0.341. The van der Waals surface area contributed by atoms with Crippen molar-refractivity contribution in [1.82, 2.24) is 0 Å². The van der Waals surface area contributed by atoms with E-state index in [4.69, 9.17) is 5.73 Å². The van der Waals surface area contributed by atoms with Gasteiger partial charge in [-0.3, -0.25) is 4.79 Å². The van der Waals surface area contributed by atoms with E-state index < -0.39 is 0 Å². The van der Waals surface area contributed by atoms with Gasteiger partial charge in [-0.15, -0.1) is 0 Å². The van der Waals surface area contributed by atoms with Gasteiger partial charge >= 0.3 is 0 Å². The fraction of sp³-hybridized carbons (Fsp3) is 0.188. The van der Waals surface area contributed by atoms with Crippen molar-refractivity contribution in [3.8, 4) is 0 Å². The minimum Gasteiger partial charge on any atom is -0.399 e. The third-order valence-corrected chi connectivity index (χ3v) is 4.41. The average Bonchev–Trinajstić information content (AvgIpc) is 2.45. The highest BCUT2D eigenvalue weighted by Gasteiger charge is 2.24. The van der Waals surface area contributed by atoms with Crippen LogP contribution in [0.4, 0.5) is 15.8 Å². The average molecular weight is 349 g/mol. The highest BCUT2D eigenvalue weighted by molar-refractivity contribution is 9.10. The fourth-order valence-electron chi connectivity index (χ4n) is 2.59. The summed E-state index contributed by atoms with van der Waals surface area (Å²) in [5.74, 6) is -0.265. The molecule has 3 nitrogen and oxygen atoms in total. The number of nitrogens with two attached hydrogens (primary N) is 1. The van der Waals surface area contributed by atoms with Crippen LogP contribution in [0.25, 0.3) is 0 Å². The standard InChI is InChI=1S/C16H14BrFN2O/c17-14-4-2-12(18)7-11(14)9-20-15-5-3-13(19)8-10(15)1-6-16(20)21/h2-5,7-8H,1,6,9,19H2. The number of nitrogens with zero attached hydrogens (tertiary/aromatic N) is 1. The van der Waals surface area contributed by atoms with Crippen molar-refractivity contribution in [3.05, 3.63) is 57.8 Å². The lowest BCUT2D eigenvalue weighted by molar-refractivity contribution is -0.119. The molecule has 0 atom stereocenters. The van der Waals surface area contributed by atoms with Crippen LogP contribution in [0.1, 0.15) is 17.5 Å². The number of carbonyl (C=O) groups excluding carboxylic acids is 1. The zero-order valence-corrected chi connectivity index (χ0v) is 12.9. The molecule has 21 heavy (non-hydrogen) atoms. The molecule has 1 aliphatic rings. The number of hydrogen-bond donors (Lipinski definition) is 1. The minimum absolute atomic E-state index is 0.0448. The summed E-state index contributed by atoms with van der Waals surface area (Å²) in [5, 5.41) is 0. The zero-order chi connectivity index (χ0) is 15.0. The molecule has 0 spiro atoms. The molecule has 0 aromatic heterocycles. The molecule has 3 rings (SSSR count). The van der Waals surface area contributed by atoms with Crippen molar-refractivity contribution in [2.75, 3.05) is 10.6 Å². The predicted molar refractivity (Wildman–Crippen MR) is 84.5 cm³/mol. The molecule has 0 radical (unpaired) electrons. The number of anilines is 2. The van der Waals surface area contributed by atoms with Gasteiger partial charge in [0.25, 0.3) is 0 Å². The molecule has 1 aliphatic heterocycles. The minimum atomic E-state index is -0.310. The van der Waals surface area contributed by atoms with Crippen LogP contribution in [0, 0.1) is 5.82 Å². The number of aryl methyl sites for hydroxylation is 1. The van der Waals surface area contributed by atoms with Gasteiger partial charge in [0.05, 0.1) is 6.54 Å². The maximum atomic E-state index is 13.4. The largest absolute Gasteiger partial charge is 0.399 e. The van der Waals surface area contributed by atoms with Crippen LogP contribution >= 0.6 is 15.9 Å². The molecule has 2 N–H and O–H groups in total. The summed E-state index contributed by atoms with van der Waals surface area (Å²) >= 11 is 3.40. The fourth-order valence-corrected chi connectivity index (χ4v) is 2.96. The Morgan fingerprint density at radius 2 is 2.00 bits per heavy atom. The number of benzene rings is 2. The molecule has 0 bridgehead atoms. The maximum Gasteiger partial charge on any atom is 0.227 e. The van der Waals surface area contributed by atoms with Crippen LogP contribution in [0.5, 0.6) is 0 Å². The molecule has 5 heteroatoms. The highest BCUT2D eigenvalue weighted by Crippen LogP contribution is 2.32. The van der Waals surface area contributed by atoms with Crippen LogP contribution in [-0.2, 0) is 17.8 Å². The van der Waals surface area contributed by atoms with Crippen LogP contribution in [0.2, 0.25) is 0 Å². The van der Waals surface area contributed by atoms with Gasteiger partial charge in [-0.05, 0) is 53.9 Å². The first-order chi connectivity index (χ1) is 10.0. The first-order valence-electron chi connectivity index (χ1n) is 6.67. The van der Waals surface area contributed by atoms with E-state index in [-0.39, 0.29) is 11.7 Å². The molecule has 0 saturated carbocycles. The van der Waals surface area contributed by atoms with E-state index >= 15 is 0 Å². The van der Waals surface area contributed by atoms with E-state index in [9.17, 15) is 9.18 Å². The van der Waals surface area contributed by atoms with Crippen LogP contribution in [0.15, 0.2) is 40.9 Å². The molecule has 0 unspecified atom stereocenters. The summed E-state index contributed by atoms with van der Waals surface area (Å²) in [6.07, 6.45) is 1.14. The summed E-state index contributed by atoms with van der Waals surface area (Å²) < 4.78 is 14.2. The molecule has 1 heterocycles. The summed E-state index contributed by atoms with van der Waals surface area (Å²) in [4.78, 5) is 13.9. The summed E-state index contributed by atoms with van der Waals surface area (Å²) in [7, 11) is 0. The molecule has 1 amide bonds. The smallest absolute Gasteiger partial charge is 0.227 e. The second kappa shape index (κ2) is 5.48. The Bertz CT molecular complexity index is 717. The third-order valence-electron chi connectivity index (χ3n) is 3.64. The molecule has 2 aromatic carbocycles. The second-order valence-electron chi connectivity index (χ2n) is 5.10. The van der Waals surface area contributed by atoms with Gasteiger partial charge in [0.2, 0.25) is 5.91 Å². The molecule has 108 valence electrons. The molecular formula is C16H14BrFN2O. The Morgan fingerprint density at radius 1 is 1.19 bits per heavy atom. The number of rotatable bonds is 2. The van der Waals surface area contributed by atoms with Crippen LogP contribution in [0.3, 0.4) is 0 Å². The Kier molecular flexibility index (Phi) is 3.68. The summed E-state index contributed by atoms with van der Waals surface area (Å²) in [5.41, 5.74) is 9.15. The monoisotopic (exact) mass is 348 g/mol. The van der Waals surface area contributed by atoms with Gasteiger partial charge in [0.1, 0.15) is 5.82 Å². The van der Waals surface area contributed by atoms with Crippen molar-refractivity contribution in [1.29, 1.82) is 0 Å². The van der Waals surface area contributed by atoms with E-state index in [1.165, 1.54) is 12.1 Å². The highest BCUT2D eigenvalue weighted by atomic mass is 79.9. The van der Waals surface area contributed by atoms with Crippen molar-refractivity contribution in [2.45, 2.75) is 19.4 Å². The number of carbonyl (C=O) groups is 1. The van der Waals surface area contributed by atoms with Crippen molar-refractivity contribution >= 4 is 33.2 Å². The van der Waals surface area contributed by atoms with Crippen molar-refractivity contribution in [3.63, 3.8) is 0 Å². The van der Waals surface area contributed by atoms with E-state index in [1.54, 1.807) is 17.0 Å². The molecule has 0 saturated heterocycles. The number of fused-ring (bicyclic) bond motifs is 1. The number of amides is 1. The van der Waals surface area contributed by atoms with Crippen molar-refractivity contribution in [2.24, 2.45) is 0 Å². The Labute approximate surface area is 130 Å². The first-order valence-corrected chi connectivity index (χ1v) is 7.46. The number of hydrogen-bond acceptors (Lipinski definition) is 2.